The Hall–Kier alpha value is -2.73. The van der Waals surface area contributed by atoms with Crippen LogP contribution in [0.1, 0.15) is 36.2 Å². The number of hydrogen-bond donors (Lipinski definition) is 2. The minimum absolute atomic E-state index is 0.0499. The molecule has 0 bridgehead atoms. The molecule has 2 heterocycles. The van der Waals surface area contributed by atoms with E-state index in [4.69, 9.17) is 17.2 Å². The van der Waals surface area contributed by atoms with Crippen LogP contribution in [0.5, 0.6) is 0 Å². The number of nitrogens with zero attached hydrogens (tertiary/aromatic N) is 2. The first-order chi connectivity index (χ1) is 14.1. The van der Waals surface area contributed by atoms with E-state index >= 15 is 0 Å². The summed E-state index contributed by atoms with van der Waals surface area (Å²) < 4.78 is 1.84. The highest BCUT2D eigenvalue weighted by Crippen LogP contribution is 2.18. The first kappa shape index (κ1) is 19.6. The van der Waals surface area contributed by atoms with Crippen LogP contribution in [0.2, 0.25) is 0 Å². The van der Waals surface area contributed by atoms with Gasteiger partial charge < -0.3 is 10.6 Å². The normalized spacial score (nSPS) is 13.6. The molecule has 150 valence electrons. The van der Waals surface area contributed by atoms with Crippen molar-refractivity contribution in [1.82, 2.24) is 14.9 Å². The summed E-state index contributed by atoms with van der Waals surface area (Å²) >= 11 is 5.43. The third-order valence-electron chi connectivity index (χ3n) is 5.35. The summed E-state index contributed by atoms with van der Waals surface area (Å²) in [7, 11) is 0. The lowest BCUT2D eigenvalue weighted by molar-refractivity contribution is 0.614. The molecule has 2 aromatic carbocycles. The number of rotatable bonds is 4. The Balaban J connectivity index is 1.44. The fraction of sp³-hybridized carbons (Fsp3) is 0.348. The zero-order valence-corrected chi connectivity index (χ0v) is 17.5. The van der Waals surface area contributed by atoms with Gasteiger partial charge in [0.25, 0.3) is 5.56 Å². The average molecular weight is 407 g/mol. The third-order valence-corrected chi connectivity index (χ3v) is 5.60. The summed E-state index contributed by atoms with van der Waals surface area (Å²) in [6.07, 6.45) is 5.06. The van der Waals surface area contributed by atoms with Crippen molar-refractivity contribution in [3.8, 4) is 0 Å². The Morgan fingerprint density at radius 2 is 2.07 bits per heavy atom. The molecule has 0 unspecified atom stereocenters. The second-order valence-electron chi connectivity index (χ2n) is 7.65. The Morgan fingerprint density at radius 3 is 2.93 bits per heavy atom. The van der Waals surface area contributed by atoms with Crippen molar-refractivity contribution < 1.29 is 0 Å². The molecule has 0 radical (unpaired) electrons. The molecule has 0 saturated heterocycles. The quantitative estimate of drug-likeness (QED) is 0.642. The van der Waals surface area contributed by atoms with Crippen molar-refractivity contribution in [1.29, 1.82) is 0 Å². The van der Waals surface area contributed by atoms with Gasteiger partial charge in [0.2, 0.25) is 0 Å². The van der Waals surface area contributed by atoms with E-state index in [1.807, 2.05) is 22.8 Å². The molecule has 5 nitrogen and oxygen atoms in total. The number of aromatic nitrogens is 2. The van der Waals surface area contributed by atoms with Gasteiger partial charge in [-0.15, -0.1) is 0 Å². The molecule has 1 aliphatic heterocycles. The molecule has 6 heteroatoms. The van der Waals surface area contributed by atoms with E-state index in [1.54, 1.807) is 0 Å². The molecule has 2 N–H and O–H groups in total. The standard InChI is InChI=1S/C23H26N4OS/c1-16-6-5-7-17(14-16)11-12-24-23(29)25-18-9-10-20-19(15-18)22(28)27-13-4-2-3-8-21(27)26-20/h5-7,9-10,14-15H,2-4,8,11-13H2,1H3,(H2,24,25,29). The topological polar surface area (TPSA) is 59.0 Å². The number of thiocarbonyl (C=S) groups is 1. The van der Waals surface area contributed by atoms with Gasteiger partial charge in [-0.2, -0.15) is 0 Å². The van der Waals surface area contributed by atoms with E-state index in [2.05, 4.69) is 41.8 Å². The van der Waals surface area contributed by atoms with Gasteiger partial charge in [-0.25, -0.2) is 4.98 Å². The number of nitrogens with one attached hydrogen (secondary N) is 2. The third kappa shape index (κ3) is 4.65. The van der Waals surface area contributed by atoms with E-state index in [-0.39, 0.29) is 5.56 Å². The second kappa shape index (κ2) is 8.74. The van der Waals surface area contributed by atoms with E-state index < -0.39 is 0 Å². The highest BCUT2D eigenvalue weighted by molar-refractivity contribution is 7.80. The van der Waals surface area contributed by atoms with Gasteiger partial charge in [-0.05, 0) is 62.2 Å². The predicted molar refractivity (Wildman–Crippen MR) is 123 cm³/mol. The maximum atomic E-state index is 13.0. The van der Waals surface area contributed by atoms with Crippen LogP contribution in [0.15, 0.2) is 47.3 Å². The van der Waals surface area contributed by atoms with Gasteiger partial charge in [-0.3, -0.25) is 9.36 Å². The monoisotopic (exact) mass is 406 g/mol. The molecule has 0 fully saturated rings. The zero-order chi connectivity index (χ0) is 20.2. The van der Waals surface area contributed by atoms with Gasteiger partial charge in [0.1, 0.15) is 5.82 Å². The first-order valence-electron chi connectivity index (χ1n) is 10.2. The van der Waals surface area contributed by atoms with Crippen LogP contribution in [-0.2, 0) is 19.4 Å². The summed E-state index contributed by atoms with van der Waals surface area (Å²) in [5.41, 5.74) is 4.16. The number of benzene rings is 2. The smallest absolute Gasteiger partial charge is 0.261 e. The van der Waals surface area contributed by atoms with E-state index in [0.29, 0.717) is 10.5 Å². The zero-order valence-electron chi connectivity index (χ0n) is 16.7. The van der Waals surface area contributed by atoms with Crippen LogP contribution >= 0.6 is 12.2 Å². The predicted octanol–water partition coefficient (Wildman–Crippen LogP) is 3.96. The number of fused-ring (bicyclic) bond motifs is 2. The minimum atomic E-state index is 0.0499. The Bertz CT molecular complexity index is 1110. The summed E-state index contributed by atoms with van der Waals surface area (Å²) in [5, 5.41) is 7.63. The molecule has 1 aromatic heterocycles. The highest BCUT2D eigenvalue weighted by Gasteiger charge is 2.14. The summed E-state index contributed by atoms with van der Waals surface area (Å²) in [6.45, 7) is 3.60. The molecule has 0 saturated carbocycles. The van der Waals surface area contributed by atoms with Gasteiger partial charge in [0.05, 0.1) is 10.9 Å². The lowest BCUT2D eigenvalue weighted by Crippen LogP contribution is -2.30. The Labute approximate surface area is 176 Å². The lowest BCUT2D eigenvalue weighted by Gasteiger charge is -2.13. The fourth-order valence-electron chi connectivity index (χ4n) is 3.86. The number of aryl methyl sites for hydroxylation is 2. The van der Waals surface area contributed by atoms with Crippen molar-refractivity contribution in [3.05, 3.63) is 69.8 Å². The van der Waals surface area contributed by atoms with Gasteiger partial charge in [0, 0.05) is 25.2 Å². The van der Waals surface area contributed by atoms with Gasteiger partial charge in [-0.1, -0.05) is 36.2 Å². The molecule has 0 amide bonds. The van der Waals surface area contributed by atoms with Crippen LogP contribution in [0.4, 0.5) is 5.69 Å². The maximum absolute atomic E-state index is 13.0. The average Bonchev–Trinajstić information content (AvgIpc) is 2.94. The van der Waals surface area contributed by atoms with E-state index in [1.165, 1.54) is 11.1 Å². The minimum Gasteiger partial charge on any atom is -0.362 e. The van der Waals surface area contributed by atoms with Gasteiger partial charge >= 0.3 is 0 Å². The highest BCUT2D eigenvalue weighted by atomic mass is 32.1. The maximum Gasteiger partial charge on any atom is 0.261 e. The molecule has 0 aliphatic carbocycles. The molecular weight excluding hydrogens is 380 g/mol. The number of hydrogen-bond acceptors (Lipinski definition) is 3. The van der Waals surface area contributed by atoms with Crippen molar-refractivity contribution >= 4 is 33.9 Å². The lowest BCUT2D eigenvalue weighted by atomic mass is 10.1. The van der Waals surface area contributed by atoms with Crippen LogP contribution in [0, 0.1) is 6.92 Å². The molecule has 4 rings (SSSR count). The molecule has 1 aliphatic rings. The summed E-state index contributed by atoms with van der Waals surface area (Å²) in [6, 6.07) is 14.2. The van der Waals surface area contributed by atoms with Crippen LogP contribution in [-0.4, -0.2) is 21.2 Å². The molecular formula is C23H26N4OS. The van der Waals surface area contributed by atoms with Crippen molar-refractivity contribution in [2.45, 2.75) is 45.6 Å². The second-order valence-corrected chi connectivity index (χ2v) is 8.06. The summed E-state index contributed by atoms with van der Waals surface area (Å²) in [5.74, 6) is 0.911. The molecule has 3 aromatic rings. The van der Waals surface area contributed by atoms with Crippen LogP contribution in [0.25, 0.3) is 10.9 Å². The van der Waals surface area contributed by atoms with Crippen LogP contribution < -0.4 is 16.2 Å². The number of anilines is 1. The molecule has 0 atom stereocenters. The van der Waals surface area contributed by atoms with Crippen molar-refractivity contribution in [2.24, 2.45) is 0 Å². The Kier molecular flexibility index (Phi) is 5.90. The summed E-state index contributed by atoms with van der Waals surface area (Å²) in [4.78, 5) is 17.7. The van der Waals surface area contributed by atoms with E-state index in [9.17, 15) is 4.79 Å². The molecule has 29 heavy (non-hydrogen) atoms. The van der Waals surface area contributed by atoms with Crippen molar-refractivity contribution in [2.75, 3.05) is 11.9 Å². The van der Waals surface area contributed by atoms with Crippen molar-refractivity contribution in [3.63, 3.8) is 0 Å². The first-order valence-corrected chi connectivity index (χ1v) is 10.6. The van der Waals surface area contributed by atoms with Gasteiger partial charge in [0.15, 0.2) is 5.11 Å². The van der Waals surface area contributed by atoms with Crippen LogP contribution in [0.3, 0.4) is 0 Å². The Morgan fingerprint density at radius 1 is 1.17 bits per heavy atom. The molecule has 0 spiro atoms. The largest absolute Gasteiger partial charge is 0.362 e. The fourth-order valence-corrected chi connectivity index (χ4v) is 4.08. The SMILES string of the molecule is Cc1cccc(CCNC(=S)Nc2ccc3nc4n(c(=O)c3c2)CCCCC4)c1. The van der Waals surface area contributed by atoms with E-state index in [0.717, 1.165) is 62.2 Å².